The minimum atomic E-state index is -0.0780. The Morgan fingerprint density at radius 1 is 1.39 bits per heavy atom. The molecule has 0 bridgehead atoms. The summed E-state index contributed by atoms with van der Waals surface area (Å²) in [6, 6.07) is 8.40. The van der Waals surface area contributed by atoms with Gasteiger partial charge in [-0.05, 0) is 43.7 Å². The largest absolute Gasteiger partial charge is 0.396 e. The van der Waals surface area contributed by atoms with Crippen molar-refractivity contribution in [1.82, 2.24) is 15.1 Å². The summed E-state index contributed by atoms with van der Waals surface area (Å²) in [5, 5.41) is 18.4. The van der Waals surface area contributed by atoms with Crippen LogP contribution in [0.4, 0.5) is 0 Å². The minimum absolute atomic E-state index is 0.0585. The molecule has 122 valence electrons. The maximum absolute atomic E-state index is 12.9. The Morgan fingerprint density at radius 2 is 2.22 bits per heavy atom. The second kappa shape index (κ2) is 7.19. The van der Waals surface area contributed by atoms with Crippen molar-refractivity contribution in [2.75, 3.05) is 13.2 Å². The number of carbonyl (C=O) groups excluding carboxylic acids is 1. The second-order valence-electron chi connectivity index (χ2n) is 5.81. The molecule has 1 aromatic carbocycles. The summed E-state index contributed by atoms with van der Waals surface area (Å²) in [5.74, 6) is -0.0780. The van der Waals surface area contributed by atoms with Crippen LogP contribution >= 0.6 is 11.3 Å². The fourth-order valence-corrected chi connectivity index (χ4v) is 3.85. The lowest BCUT2D eigenvalue weighted by molar-refractivity contribution is 0.0640. The van der Waals surface area contributed by atoms with Gasteiger partial charge in [0.15, 0.2) is 0 Å². The lowest BCUT2D eigenvalue weighted by atomic mass is 9.86. The Hall–Kier alpha value is -1.79. The lowest BCUT2D eigenvalue weighted by Gasteiger charge is -2.35. The predicted octanol–water partition coefficient (Wildman–Crippen LogP) is 2.75. The van der Waals surface area contributed by atoms with E-state index in [0.717, 1.165) is 24.3 Å². The number of aliphatic hydroxyl groups excluding tert-OH is 1. The van der Waals surface area contributed by atoms with Crippen molar-refractivity contribution in [3.63, 3.8) is 0 Å². The summed E-state index contributed by atoms with van der Waals surface area (Å²) in [6.45, 7) is 2.46. The van der Waals surface area contributed by atoms with Crippen molar-refractivity contribution in [2.45, 2.75) is 38.6 Å². The van der Waals surface area contributed by atoms with Gasteiger partial charge in [-0.15, -0.1) is 10.2 Å². The first-order chi connectivity index (χ1) is 11.2. The van der Waals surface area contributed by atoms with Gasteiger partial charge in [0.25, 0.3) is 5.91 Å². The van der Waals surface area contributed by atoms with Gasteiger partial charge >= 0.3 is 0 Å². The van der Waals surface area contributed by atoms with Crippen LogP contribution in [-0.2, 0) is 6.42 Å². The molecule has 0 saturated heterocycles. The van der Waals surface area contributed by atoms with E-state index in [-0.39, 0.29) is 18.6 Å². The van der Waals surface area contributed by atoms with E-state index in [1.165, 1.54) is 22.5 Å². The lowest BCUT2D eigenvalue weighted by Crippen LogP contribution is -2.37. The number of amides is 1. The highest BCUT2D eigenvalue weighted by Crippen LogP contribution is 2.35. The van der Waals surface area contributed by atoms with Crippen LogP contribution in [0, 0.1) is 6.92 Å². The molecule has 0 fully saturated rings. The monoisotopic (exact) mass is 331 g/mol. The van der Waals surface area contributed by atoms with Crippen molar-refractivity contribution in [2.24, 2.45) is 0 Å². The van der Waals surface area contributed by atoms with Gasteiger partial charge in [0.1, 0.15) is 5.01 Å². The Labute approximate surface area is 140 Å². The second-order valence-corrected chi connectivity index (χ2v) is 6.99. The molecule has 0 radical (unpaired) electrons. The van der Waals surface area contributed by atoms with Crippen LogP contribution in [0.15, 0.2) is 24.3 Å². The molecule has 0 spiro atoms. The molecule has 1 heterocycles. The van der Waals surface area contributed by atoms with Crippen LogP contribution < -0.4 is 0 Å². The van der Waals surface area contributed by atoms with Crippen molar-refractivity contribution in [3.8, 4) is 0 Å². The number of carbonyl (C=O) groups is 1. The molecule has 5 nitrogen and oxygen atoms in total. The number of aryl methyl sites for hydroxylation is 2. The molecule has 1 N–H and O–H groups in total. The Balaban J connectivity index is 1.92. The molecule has 0 saturated carbocycles. The number of hydrogen-bond donors (Lipinski definition) is 1. The van der Waals surface area contributed by atoms with Gasteiger partial charge in [-0.3, -0.25) is 4.79 Å². The molecular formula is C17H21N3O2S. The van der Waals surface area contributed by atoms with E-state index in [9.17, 15) is 9.90 Å². The van der Waals surface area contributed by atoms with Crippen molar-refractivity contribution >= 4 is 17.2 Å². The van der Waals surface area contributed by atoms with Gasteiger partial charge in [0, 0.05) is 13.2 Å². The van der Waals surface area contributed by atoms with E-state index < -0.39 is 0 Å². The van der Waals surface area contributed by atoms with Crippen LogP contribution in [0.25, 0.3) is 0 Å². The molecule has 1 aromatic heterocycles. The SMILES string of the molecule is Cc1nnc(C(=O)N(CCCO)[C@@H]2CCCc3ccccc32)s1. The number of hydrogen-bond acceptors (Lipinski definition) is 5. The quantitative estimate of drug-likeness (QED) is 0.915. The van der Waals surface area contributed by atoms with E-state index in [1.54, 1.807) is 0 Å². The van der Waals surface area contributed by atoms with Crippen LogP contribution in [0.2, 0.25) is 0 Å². The van der Waals surface area contributed by atoms with E-state index in [4.69, 9.17) is 0 Å². The first-order valence-corrected chi connectivity index (χ1v) is 8.82. The summed E-state index contributed by atoms with van der Waals surface area (Å²) in [6.07, 6.45) is 3.65. The number of aliphatic hydroxyl groups is 1. The smallest absolute Gasteiger partial charge is 0.285 e. The zero-order chi connectivity index (χ0) is 16.2. The number of aromatic nitrogens is 2. The van der Waals surface area contributed by atoms with Gasteiger partial charge in [0.05, 0.1) is 6.04 Å². The molecule has 0 unspecified atom stereocenters. The Morgan fingerprint density at radius 3 is 2.96 bits per heavy atom. The molecule has 23 heavy (non-hydrogen) atoms. The third kappa shape index (κ3) is 3.43. The number of nitrogens with zero attached hydrogens (tertiary/aromatic N) is 3. The molecule has 1 atom stereocenters. The normalized spacial score (nSPS) is 16.9. The van der Waals surface area contributed by atoms with Crippen LogP contribution in [-0.4, -0.2) is 39.3 Å². The highest BCUT2D eigenvalue weighted by Gasteiger charge is 2.30. The predicted molar refractivity (Wildman–Crippen MR) is 89.5 cm³/mol. The van der Waals surface area contributed by atoms with Gasteiger partial charge in [-0.1, -0.05) is 35.6 Å². The van der Waals surface area contributed by atoms with Crippen LogP contribution in [0.3, 0.4) is 0 Å². The number of rotatable bonds is 5. The van der Waals surface area contributed by atoms with Gasteiger partial charge < -0.3 is 10.0 Å². The Kier molecular flexibility index (Phi) is 5.03. The zero-order valence-corrected chi connectivity index (χ0v) is 14.1. The molecule has 1 aliphatic carbocycles. The minimum Gasteiger partial charge on any atom is -0.396 e. The average Bonchev–Trinajstić information content (AvgIpc) is 3.01. The first-order valence-electron chi connectivity index (χ1n) is 8.00. The summed E-state index contributed by atoms with van der Waals surface area (Å²) < 4.78 is 0. The topological polar surface area (TPSA) is 66.3 Å². The van der Waals surface area contributed by atoms with E-state index in [2.05, 4.69) is 28.4 Å². The molecule has 0 aliphatic heterocycles. The van der Waals surface area contributed by atoms with E-state index in [1.807, 2.05) is 17.9 Å². The third-order valence-corrected chi connectivity index (χ3v) is 5.07. The number of fused-ring (bicyclic) bond motifs is 1. The highest BCUT2D eigenvalue weighted by molar-refractivity contribution is 7.13. The summed E-state index contributed by atoms with van der Waals surface area (Å²) in [5.41, 5.74) is 2.55. The fourth-order valence-electron chi connectivity index (χ4n) is 3.20. The highest BCUT2D eigenvalue weighted by atomic mass is 32.1. The van der Waals surface area contributed by atoms with Crippen LogP contribution in [0.1, 0.15) is 51.2 Å². The fraction of sp³-hybridized carbons (Fsp3) is 0.471. The van der Waals surface area contributed by atoms with Gasteiger partial charge in [0.2, 0.25) is 5.01 Å². The van der Waals surface area contributed by atoms with E-state index >= 15 is 0 Å². The average molecular weight is 331 g/mol. The number of benzene rings is 1. The summed E-state index contributed by atoms with van der Waals surface area (Å²) in [7, 11) is 0. The molecule has 1 amide bonds. The molecule has 2 aromatic rings. The Bertz CT molecular complexity index is 686. The van der Waals surface area contributed by atoms with E-state index in [0.29, 0.717) is 18.0 Å². The molecule has 3 rings (SSSR count). The molecular weight excluding hydrogens is 310 g/mol. The summed E-state index contributed by atoms with van der Waals surface area (Å²) >= 11 is 1.33. The third-order valence-electron chi connectivity index (χ3n) is 4.24. The molecule has 1 aliphatic rings. The maximum Gasteiger partial charge on any atom is 0.285 e. The van der Waals surface area contributed by atoms with Gasteiger partial charge in [-0.25, -0.2) is 0 Å². The zero-order valence-electron chi connectivity index (χ0n) is 13.2. The standard InChI is InChI=1S/C17H21N3O2S/c1-12-18-19-16(23-12)17(22)20(10-5-11-21)15-9-4-7-13-6-2-3-8-14(13)15/h2-3,6,8,15,21H,4-5,7,9-11H2,1H3/t15-/m1/s1. The summed E-state index contributed by atoms with van der Waals surface area (Å²) in [4.78, 5) is 14.8. The first kappa shape index (κ1) is 16.1. The maximum atomic E-state index is 12.9. The van der Waals surface area contributed by atoms with Crippen molar-refractivity contribution in [3.05, 3.63) is 45.4 Å². The van der Waals surface area contributed by atoms with Crippen molar-refractivity contribution in [1.29, 1.82) is 0 Å². The van der Waals surface area contributed by atoms with Crippen LogP contribution in [0.5, 0.6) is 0 Å². The van der Waals surface area contributed by atoms with Gasteiger partial charge in [-0.2, -0.15) is 0 Å². The molecule has 6 heteroatoms. The van der Waals surface area contributed by atoms with Crippen molar-refractivity contribution < 1.29 is 9.90 Å².